The summed E-state index contributed by atoms with van der Waals surface area (Å²) in [5, 5.41) is 9.74. The summed E-state index contributed by atoms with van der Waals surface area (Å²) in [7, 11) is 2.13. The molecule has 5 rings (SSSR count). The Bertz CT molecular complexity index is 1270. The average molecular weight is 536 g/mol. The number of benzene rings is 2. The maximum atomic E-state index is 13.2. The molecule has 0 saturated carbocycles. The van der Waals surface area contributed by atoms with Crippen LogP contribution in [0.1, 0.15) is 34.0 Å². The van der Waals surface area contributed by atoms with Crippen molar-refractivity contribution in [1.82, 2.24) is 24.7 Å². The van der Waals surface area contributed by atoms with E-state index < -0.39 is 11.7 Å². The van der Waals surface area contributed by atoms with E-state index in [1.54, 1.807) is 18.6 Å². The van der Waals surface area contributed by atoms with Crippen LogP contribution in [-0.4, -0.2) is 84.1 Å². The van der Waals surface area contributed by atoms with Crippen molar-refractivity contribution in [3.8, 4) is 6.07 Å². The number of hydrogen-bond donors (Lipinski definition) is 0. The van der Waals surface area contributed by atoms with Crippen molar-refractivity contribution in [2.24, 2.45) is 0 Å². The lowest BCUT2D eigenvalue weighted by Gasteiger charge is -2.39. The summed E-state index contributed by atoms with van der Waals surface area (Å²) in [6.45, 7) is 7.59. The molecule has 0 bridgehead atoms. The van der Waals surface area contributed by atoms with Crippen molar-refractivity contribution < 1.29 is 13.2 Å². The smallest absolute Gasteiger partial charge is 0.369 e. The maximum absolute atomic E-state index is 13.2. The largest absolute Gasteiger partial charge is 0.416 e. The molecule has 2 aromatic carbocycles. The van der Waals surface area contributed by atoms with Crippen LogP contribution in [0.3, 0.4) is 0 Å². The number of nitriles is 1. The first kappa shape index (κ1) is 27.1. The predicted molar refractivity (Wildman–Crippen MR) is 143 cm³/mol. The van der Waals surface area contributed by atoms with Crippen LogP contribution in [0.5, 0.6) is 0 Å². The van der Waals surface area contributed by atoms with Gasteiger partial charge in [-0.15, -0.1) is 0 Å². The van der Waals surface area contributed by atoms with Gasteiger partial charge in [-0.3, -0.25) is 19.8 Å². The third kappa shape index (κ3) is 6.38. The zero-order chi connectivity index (χ0) is 27.4. The van der Waals surface area contributed by atoms with Crippen LogP contribution < -0.4 is 4.90 Å². The van der Waals surface area contributed by atoms with Crippen molar-refractivity contribution >= 4 is 5.69 Å². The van der Waals surface area contributed by atoms with E-state index in [1.807, 2.05) is 12.1 Å². The van der Waals surface area contributed by atoms with Crippen LogP contribution in [-0.2, 0) is 12.7 Å². The van der Waals surface area contributed by atoms with Crippen LogP contribution in [0.15, 0.2) is 61.1 Å². The minimum atomic E-state index is -4.38. The molecule has 39 heavy (non-hydrogen) atoms. The van der Waals surface area contributed by atoms with E-state index in [0.29, 0.717) is 30.9 Å². The second-order valence-corrected chi connectivity index (χ2v) is 10.2. The lowest BCUT2D eigenvalue weighted by molar-refractivity contribution is -0.137. The van der Waals surface area contributed by atoms with Crippen LogP contribution in [0.2, 0.25) is 0 Å². The summed E-state index contributed by atoms with van der Waals surface area (Å²) in [5.74, 6) is 0. The number of rotatable bonds is 6. The monoisotopic (exact) mass is 535 g/mol. The Morgan fingerprint density at radius 3 is 2.26 bits per heavy atom. The molecule has 0 aliphatic carbocycles. The van der Waals surface area contributed by atoms with Gasteiger partial charge in [0.25, 0.3) is 0 Å². The predicted octanol–water partition coefficient (Wildman–Crippen LogP) is 4.03. The Labute approximate surface area is 227 Å². The lowest BCUT2D eigenvalue weighted by Crippen LogP contribution is -2.47. The quantitative estimate of drug-likeness (QED) is 0.473. The summed E-state index contributed by atoms with van der Waals surface area (Å²) in [5.41, 5.74) is 3.66. The molecular weight excluding hydrogens is 503 g/mol. The standard InChI is InChI=1S/C29H32F3N7/c1-36-10-14-38(15-11-36)26-7-4-23(19-33)24(18-26)21-37-12-16-39(17-13-37)28(27-20-34-8-9-35-27)22-2-5-25(6-3-22)29(30,31)32/h2-9,18,20,28H,10-17,21H2,1H3. The van der Waals surface area contributed by atoms with E-state index in [4.69, 9.17) is 0 Å². The first-order valence-corrected chi connectivity index (χ1v) is 13.2. The molecule has 3 heterocycles. The normalized spacial score (nSPS) is 18.6. The maximum Gasteiger partial charge on any atom is 0.416 e. The highest BCUT2D eigenvalue weighted by Gasteiger charge is 2.32. The van der Waals surface area contributed by atoms with Gasteiger partial charge in [0.2, 0.25) is 0 Å². The van der Waals surface area contributed by atoms with Crippen molar-refractivity contribution in [3.63, 3.8) is 0 Å². The number of alkyl halides is 3. The molecule has 7 nitrogen and oxygen atoms in total. The van der Waals surface area contributed by atoms with E-state index in [0.717, 1.165) is 68.2 Å². The van der Waals surface area contributed by atoms with E-state index in [9.17, 15) is 18.4 Å². The average Bonchev–Trinajstić information content (AvgIpc) is 2.95. The molecule has 10 heteroatoms. The topological polar surface area (TPSA) is 62.5 Å². The second kappa shape index (κ2) is 11.7. The van der Waals surface area contributed by atoms with Gasteiger partial charge in [0, 0.05) is 77.0 Å². The number of hydrogen-bond acceptors (Lipinski definition) is 7. The Hall–Kier alpha value is -3.52. The molecule has 0 spiro atoms. The number of piperazine rings is 2. The highest BCUT2D eigenvalue weighted by molar-refractivity contribution is 5.54. The van der Waals surface area contributed by atoms with Gasteiger partial charge >= 0.3 is 6.18 Å². The van der Waals surface area contributed by atoms with Crippen molar-refractivity contribution in [2.75, 3.05) is 64.3 Å². The van der Waals surface area contributed by atoms with Crippen LogP contribution in [0.4, 0.5) is 18.9 Å². The number of anilines is 1. The molecule has 2 aliphatic rings. The number of aromatic nitrogens is 2. The zero-order valence-electron chi connectivity index (χ0n) is 22.0. The fourth-order valence-electron chi connectivity index (χ4n) is 5.38. The van der Waals surface area contributed by atoms with Gasteiger partial charge in [-0.2, -0.15) is 18.4 Å². The van der Waals surface area contributed by atoms with Crippen molar-refractivity contribution in [1.29, 1.82) is 5.26 Å². The second-order valence-electron chi connectivity index (χ2n) is 10.2. The zero-order valence-corrected chi connectivity index (χ0v) is 22.0. The summed E-state index contributed by atoms with van der Waals surface area (Å²) in [4.78, 5) is 18.0. The van der Waals surface area contributed by atoms with Gasteiger partial charge in [-0.05, 0) is 48.5 Å². The SMILES string of the molecule is CN1CCN(c2ccc(C#N)c(CN3CCN(C(c4ccc(C(F)(F)F)cc4)c4cnccn4)CC3)c2)CC1. The van der Waals surface area contributed by atoms with Gasteiger partial charge < -0.3 is 9.80 Å². The number of halogens is 3. The van der Waals surface area contributed by atoms with Gasteiger partial charge in [0.05, 0.1) is 35.1 Å². The minimum absolute atomic E-state index is 0.293. The summed E-state index contributed by atoms with van der Waals surface area (Å²) >= 11 is 0. The van der Waals surface area contributed by atoms with Crippen LogP contribution in [0.25, 0.3) is 0 Å². The molecule has 204 valence electrons. The van der Waals surface area contributed by atoms with E-state index in [-0.39, 0.29) is 6.04 Å². The number of likely N-dealkylation sites (N-methyl/N-ethyl adjacent to an activating group) is 1. The third-order valence-electron chi connectivity index (χ3n) is 7.66. The molecule has 0 radical (unpaired) electrons. The van der Waals surface area contributed by atoms with Gasteiger partial charge in [-0.25, -0.2) is 0 Å². The molecule has 2 fully saturated rings. The van der Waals surface area contributed by atoms with Gasteiger partial charge in [-0.1, -0.05) is 12.1 Å². The molecule has 0 amide bonds. The van der Waals surface area contributed by atoms with Crippen molar-refractivity contribution in [3.05, 3.63) is 89.0 Å². The fraction of sp³-hybridized carbons (Fsp3) is 0.414. The van der Waals surface area contributed by atoms with Crippen LogP contribution >= 0.6 is 0 Å². The summed E-state index contributed by atoms with van der Waals surface area (Å²) < 4.78 is 39.5. The molecular formula is C29H32F3N7. The third-order valence-corrected chi connectivity index (χ3v) is 7.66. The lowest BCUT2D eigenvalue weighted by atomic mass is 9.99. The fourth-order valence-corrected chi connectivity index (χ4v) is 5.38. The van der Waals surface area contributed by atoms with E-state index >= 15 is 0 Å². The minimum Gasteiger partial charge on any atom is -0.369 e. The summed E-state index contributed by atoms with van der Waals surface area (Å²) in [6, 6.07) is 13.5. The molecule has 2 saturated heterocycles. The first-order chi connectivity index (χ1) is 18.8. The molecule has 1 atom stereocenters. The molecule has 1 unspecified atom stereocenters. The highest BCUT2D eigenvalue weighted by Crippen LogP contribution is 2.33. The molecule has 3 aromatic rings. The summed E-state index contributed by atoms with van der Waals surface area (Å²) in [6.07, 6.45) is 0.502. The molecule has 1 aromatic heterocycles. The first-order valence-electron chi connectivity index (χ1n) is 13.2. The Morgan fingerprint density at radius 2 is 1.64 bits per heavy atom. The van der Waals surface area contributed by atoms with Gasteiger partial charge in [0.15, 0.2) is 0 Å². The highest BCUT2D eigenvalue weighted by atomic mass is 19.4. The van der Waals surface area contributed by atoms with Crippen molar-refractivity contribution in [2.45, 2.75) is 18.8 Å². The molecule has 2 aliphatic heterocycles. The van der Waals surface area contributed by atoms with Gasteiger partial charge in [0.1, 0.15) is 0 Å². The van der Waals surface area contributed by atoms with Crippen LogP contribution in [0, 0.1) is 11.3 Å². The Kier molecular flexibility index (Phi) is 8.12. The Morgan fingerprint density at radius 1 is 0.923 bits per heavy atom. The Balaban J connectivity index is 1.30. The number of nitrogens with zero attached hydrogens (tertiary/aromatic N) is 7. The van der Waals surface area contributed by atoms with E-state index in [1.165, 1.54) is 12.1 Å². The molecule has 0 N–H and O–H groups in total. The van der Waals surface area contributed by atoms with E-state index in [2.05, 4.69) is 48.8 Å².